The molecule has 2 fully saturated rings. The second-order valence-corrected chi connectivity index (χ2v) is 13.2. The normalized spacial score (nSPS) is 16.9. The van der Waals surface area contributed by atoms with Crippen LogP contribution in [-0.4, -0.2) is 67.6 Å². The van der Waals surface area contributed by atoms with Crippen LogP contribution in [0.2, 0.25) is 0 Å². The number of ether oxygens (including phenoxy) is 4. The van der Waals surface area contributed by atoms with Crippen LogP contribution in [0.4, 0.5) is 5.69 Å². The van der Waals surface area contributed by atoms with Crippen molar-refractivity contribution in [2.45, 2.75) is 104 Å². The third kappa shape index (κ3) is 18.7. The monoisotopic (exact) mass is 745 g/mol. The summed E-state index contributed by atoms with van der Waals surface area (Å²) in [5.41, 5.74) is -0.146. The summed E-state index contributed by atoms with van der Waals surface area (Å²) < 4.78 is 45.5. The molecular weight excluding hydrogens is 693 g/mol. The minimum Gasteiger partial charge on any atom is -0.461 e. The first-order chi connectivity index (χ1) is 23.9. The minimum atomic E-state index is -4.11. The van der Waals surface area contributed by atoms with E-state index in [4.69, 9.17) is 39.8 Å². The van der Waals surface area contributed by atoms with E-state index in [2.05, 4.69) is 37.6 Å². The number of nitrogens with zero attached hydrogens (tertiary/aromatic N) is 1. The number of esters is 2. The van der Waals surface area contributed by atoms with E-state index in [0.29, 0.717) is 39.3 Å². The number of benzene rings is 2. The lowest BCUT2D eigenvalue weighted by Crippen LogP contribution is -2.38. The van der Waals surface area contributed by atoms with Crippen LogP contribution in [0.1, 0.15) is 80.1 Å². The van der Waals surface area contributed by atoms with E-state index >= 15 is 0 Å². The summed E-state index contributed by atoms with van der Waals surface area (Å²) in [6.45, 7) is 14.0. The van der Waals surface area contributed by atoms with Crippen molar-refractivity contribution in [1.29, 1.82) is 0 Å². The molecule has 0 spiro atoms. The highest BCUT2D eigenvalue weighted by Crippen LogP contribution is 2.45. The zero-order valence-corrected chi connectivity index (χ0v) is 31.5. The molecule has 2 heterocycles. The van der Waals surface area contributed by atoms with Crippen LogP contribution in [-0.2, 0) is 33.1 Å². The minimum absolute atomic E-state index is 0.00582. The molecule has 2 aliphatic heterocycles. The number of nitro benzene ring substituents is 1. The van der Waals surface area contributed by atoms with Gasteiger partial charge in [0.15, 0.2) is 0 Å². The summed E-state index contributed by atoms with van der Waals surface area (Å²) in [5, 5.41) is 13.4. The Balaban J connectivity index is 0.000000543. The van der Waals surface area contributed by atoms with Crippen molar-refractivity contribution in [3.05, 3.63) is 64.7 Å². The van der Waals surface area contributed by atoms with Crippen molar-refractivity contribution in [2.75, 3.05) is 26.4 Å². The number of nitro groups is 1. The van der Waals surface area contributed by atoms with E-state index < -0.39 is 30.7 Å². The number of para-hydroxylation sites is 1. The number of carbonyl (C=O) groups excluding carboxylic acids is 2. The highest BCUT2D eigenvalue weighted by molar-refractivity contribution is 7.52. The highest BCUT2D eigenvalue weighted by Gasteiger charge is 2.35. The second-order valence-electron chi connectivity index (χ2n) is 11.3. The van der Waals surface area contributed by atoms with Gasteiger partial charge in [-0.2, -0.15) is 5.09 Å². The van der Waals surface area contributed by atoms with Crippen LogP contribution in [0, 0.1) is 10.1 Å². The Morgan fingerprint density at radius 1 is 0.800 bits per heavy atom. The smallest absolute Gasteiger partial charge is 0.461 e. The summed E-state index contributed by atoms with van der Waals surface area (Å²) in [6.07, 6.45) is 4.97. The van der Waals surface area contributed by atoms with Gasteiger partial charge in [-0.15, -0.1) is 0 Å². The summed E-state index contributed by atoms with van der Waals surface area (Å²) in [7, 11) is -4.11. The van der Waals surface area contributed by atoms with E-state index in [1.165, 1.54) is 44.0 Å². The number of non-ortho nitro benzene ring substituents is 1. The second kappa shape index (κ2) is 25.7. The molecule has 2 aromatic rings. The van der Waals surface area contributed by atoms with Crippen molar-refractivity contribution in [3.8, 4) is 11.5 Å². The lowest BCUT2D eigenvalue weighted by molar-refractivity contribution is -0.384. The Labute approximate surface area is 300 Å². The van der Waals surface area contributed by atoms with Gasteiger partial charge >= 0.3 is 19.7 Å². The van der Waals surface area contributed by atoms with Gasteiger partial charge in [-0.25, -0.2) is 9.40 Å². The molecule has 50 heavy (non-hydrogen) atoms. The van der Waals surface area contributed by atoms with Crippen LogP contribution in [0.5, 0.6) is 11.5 Å². The Morgan fingerprint density at radius 2 is 1.20 bits per heavy atom. The van der Waals surface area contributed by atoms with Gasteiger partial charge in [0.25, 0.3) is 5.69 Å². The SMILES string of the molecule is CCC.CCC.C[C@H](NCl)C(=O)OC1CCOCC1.C[C@H](NP(=O)(Oc1ccccc1)Oc1ccc([N+](=O)[O-])cc1)C(=O)OC1CCOCC1. The average molecular weight is 746 g/mol. The average Bonchev–Trinajstić information content (AvgIpc) is 3.10. The Hall–Kier alpha value is -3.26. The first kappa shape index (κ1) is 44.8. The largest absolute Gasteiger partial charge is 0.513 e. The summed E-state index contributed by atoms with van der Waals surface area (Å²) in [6, 6.07) is 11.9. The number of hydrogen-bond donors (Lipinski definition) is 2. The zero-order valence-electron chi connectivity index (χ0n) is 29.8. The maximum atomic E-state index is 13.5. The van der Waals surface area contributed by atoms with Gasteiger partial charge in [-0.3, -0.25) is 19.7 Å². The topological polar surface area (TPSA) is 174 Å². The fraction of sp³-hybridized carbons (Fsp3) is 0.588. The van der Waals surface area contributed by atoms with Crippen LogP contribution < -0.4 is 19.0 Å². The van der Waals surface area contributed by atoms with Gasteiger partial charge < -0.3 is 28.0 Å². The van der Waals surface area contributed by atoms with Gasteiger partial charge in [-0.1, -0.05) is 58.7 Å². The molecule has 1 unspecified atom stereocenters. The maximum Gasteiger partial charge on any atom is 0.513 e. The van der Waals surface area contributed by atoms with Crippen molar-refractivity contribution >= 4 is 37.1 Å². The predicted molar refractivity (Wildman–Crippen MR) is 191 cm³/mol. The molecule has 282 valence electrons. The third-order valence-electron chi connectivity index (χ3n) is 6.37. The quantitative estimate of drug-likeness (QED) is 0.0718. The standard InChI is InChI=1S/C20H23N2O8P.C8H14ClNO3.2C3H8/c1-15(20(23)28-17-11-13-27-14-12-17)21-31(26,29-18-5-3-2-4-6-18)30-19-9-7-16(8-10-19)22(24)25;1-6(10-9)8(11)13-7-2-4-12-5-3-7;2*1-3-2/h2-10,15,17H,11-14H2,1H3,(H,21,26);6-7,10H,2-5H2,1H3;2*3H2,1-2H3/t15-,31?;6-;;/m00../s1. The first-order valence-corrected chi connectivity index (χ1v) is 18.8. The summed E-state index contributed by atoms with van der Waals surface area (Å²) in [5.74, 6) is -0.578. The molecule has 4 rings (SSSR count). The van der Waals surface area contributed by atoms with E-state index in [1.54, 1.807) is 37.3 Å². The van der Waals surface area contributed by atoms with Crippen molar-refractivity contribution in [2.24, 2.45) is 0 Å². The van der Waals surface area contributed by atoms with E-state index in [9.17, 15) is 24.3 Å². The van der Waals surface area contributed by atoms with Crippen LogP contribution in [0.25, 0.3) is 0 Å². The van der Waals surface area contributed by atoms with E-state index in [0.717, 1.165) is 12.8 Å². The molecule has 2 N–H and O–H groups in total. The fourth-order valence-corrected chi connectivity index (χ4v) is 5.52. The predicted octanol–water partition coefficient (Wildman–Crippen LogP) is 7.53. The van der Waals surface area contributed by atoms with Crippen LogP contribution >= 0.6 is 19.5 Å². The van der Waals surface area contributed by atoms with Gasteiger partial charge in [0.1, 0.15) is 35.8 Å². The van der Waals surface area contributed by atoms with Crippen molar-refractivity contribution in [1.82, 2.24) is 9.92 Å². The fourth-order valence-electron chi connectivity index (χ4n) is 3.91. The van der Waals surface area contributed by atoms with Crippen LogP contribution in [0.15, 0.2) is 54.6 Å². The molecule has 0 bridgehead atoms. The van der Waals surface area contributed by atoms with Gasteiger partial charge in [0, 0.05) is 37.8 Å². The zero-order chi connectivity index (χ0) is 37.4. The van der Waals surface area contributed by atoms with Crippen molar-refractivity contribution in [3.63, 3.8) is 0 Å². The molecule has 0 saturated carbocycles. The number of carbonyl (C=O) groups is 2. The van der Waals surface area contributed by atoms with E-state index in [-0.39, 0.29) is 35.4 Å². The molecule has 0 aliphatic carbocycles. The number of rotatable bonds is 12. The molecule has 0 aromatic heterocycles. The first-order valence-electron chi connectivity index (χ1n) is 16.9. The van der Waals surface area contributed by atoms with E-state index in [1.807, 2.05) is 0 Å². The molecule has 0 radical (unpaired) electrons. The number of halogens is 1. The summed E-state index contributed by atoms with van der Waals surface area (Å²) >= 11 is 5.29. The lowest BCUT2D eigenvalue weighted by Gasteiger charge is -2.26. The highest BCUT2D eigenvalue weighted by atomic mass is 35.5. The molecule has 2 aliphatic rings. The van der Waals surface area contributed by atoms with Gasteiger partial charge in [-0.05, 0) is 49.9 Å². The van der Waals surface area contributed by atoms with Crippen molar-refractivity contribution < 1.29 is 47.1 Å². The maximum absolute atomic E-state index is 13.5. The molecule has 0 amide bonds. The summed E-state index contributed by atoms with van der Waals surface area (Å²) in [4.78, 5) is 36.3. The number of hydrogen-bond acceptors (Lipinski definition) is 12. The van der Waals surface area contributed by atoms with Gasteiger partial charge in [0.05, 0.1) is 31.4 Å². The molecular formula is C34H53ClN3O11P. The molecule has 3 atom stereocenters. The molecule has 2 saturated heterocycles. The lowest BCUT2D eigenvalue weighted by atomic mass is 10.1. The molecule has 16 heteroatoms. The molecule has 2 aromatic carbocycles. The Kier molecular flexibility index (Phi) is 23.0. The molecule has 14 nitrogen and oxygen atoms in total. The number of nitrogens with one attached hydrogen (secondary N) is 2. The Bertz CT molecular complexity index is 1280. The van der Waals surface area contributed by atoms with Gasteiger partial charge in [0.2, 0.25) is 0 Å². The Morgan fingerprint density at radius 3 is 1.60 bits per heavy atom. The third-order valence-corrected chi connectivity index (χ3v) is 8.30. The van der Waals surface area contributed by atoms with Crippen LogP contribution in [0.3, 0.4) is 0 Å².